The smallest absolute Gasteiger partial charge is 0.255 e. The predicted octanol–water partition coefficient (Wildman–Crippen LogP) is 2.68. The Morgan fingerprint density at radius 3 is 2.87 bits per heavy atom. The fourth-order valence-corrected chi connectivity index (χ4v) is 4.98. The number of aryl methyl sites for hydroxylation is 2. The number of aromatic amines is 1. The van der Waals surface area contributed by atoms with Crippen LogP contribution >= 0.6 is 0 Å². The van der Waals surface area contributed by atoms with Crippen LogP contribution in [-0.2, 0) is 13.0 Å². The van der Waals surface area contributed by atoms with Gasteiger partial charge in [0.1, 0.15) is 5.82 Å². The van der Waals surface area contributed by atoms with Crippen molar-refractivity contribution in [2.24, 2.45) is 5.41 Å². The molecule has 0 radical (unpaired) electrons. The molecule has 4 heterocycles. The van der Waals surface area contributed by atoms with Crippen molar-refractivity contribution >= 4 is 11.7 Å². The standard InChI is InChI=1S/C23H27N7O/c1-14-16(3-6-20(25-14)29-12-23(13-29)7-8-23)10-30-11-17(9-24-30)22(31)26-19-5-4-18-15(2)27-28-21(18)19/h3,6,9,11,19H,4-5,7-8,10,12-13H2,1-2H3,(H,26,31)(H,27,28)/t19-/m1/s1. The lowest BCUT2D eigenvalue weighted by Gasteiger charge is -2.41. The molecule has 1 saturated heterocycles. The predicted molar refractivity (Wildman–Crippen MR) is 116 cm³/mol. The van der Waals surface area contributed by atoms with Crippen LogP contribution in [0.2, 0.25) is 0 Å². The number of nitrogens with one attached hydrogen (secondary N) is 2. The number of amides is 1. The van der Waals surface area contributed by atoms with Crippen molar-refractivity contribution in [1.29, 1.82) is 0 Å². The third-order valence-electron chi connectivity index (χ3n) is 7.18. The zero-order chi connectivity index (χ0) is 21.2. The first kappa shape index (κ1) is 18.6. The summed E-state index contributed by atoms with van der Waals surface area (Å²) in [6.45, 7) is 6.95. The minimum atomic E-state index is -0.103. The topological polar surface area (TPSA) is 91.7 Å². The van der Waals surface area contributed by atoms with Crippen LogP contribution in [0.1, 0.15) is 63.9 Å². The molecule has 2 aliphatic carbocycles. The summed E-state index contributed by atoms with van der Waals surface area (Å²) in [7, 11) is 0. The maximum absolute atomic E-state index is 12.8. The summed E-state index contributed by atoms with van der Waals surface area (Å²) in [6, 6.07) is 4.23. The zero-order valence-electron chi connectivity index (χ0n) is 18.0. The SMILES string of the molecule is Cc1nc(N2CC3(CC3)C2)ccc1Cn1cc(C(=O)N[C@@H]2CCc3c(C)n[nH]c32)cn1. The van der Waals surface area contributed by atoms with Gasteiger partial charge in [-0.1, -0.05) is 6.07 Å². The lowest BCUT2D eigenvalue weighted by atomic mass is 9.97. The van der Waals surface area contributed by atoms with Crippen LogP contribution in [-0.4, -0.2) is 44.0 Å². The van der Waals surface area contributed by atoms with Gasteiger partial charge in [0.2, 0.25) is 0 Å². The summed E-state index contributed by atoms with van der Waals surface area (Å²) in [4.78, 5) is 19.9. The second-order valence-corrected chi connectivity index (χ2v) is 9.46. The number of hydrogen-bond donors (Lipinski definition) is 2. The van der Waals surface area contributed by atoms with Gasteiger partial charge in [-0.05, 0) is 56.7 Å². The molecule has 1 atom stereocenters. The van der Waals surface area contributed by atoms with Crippen LogP contribution in [0.25, 0.3) is 0 Å². The molecule has 31 heavy (non-hydrogen) atoms. The molecule has 1 saturated carbocycles. The minimum Gasteiger partial charge on any atom is -0.355 e. The number of nitrogens with zero attached hydrogens (tertiary/aromatic N) is 5. The molecule has 1 aliphatic heterocycles. The van der Waals surface area contributed by atoms with E-state index in [1.54, 1.807) is 6.20 Å². The number of pyridine rings is 1. The number of carbonyl (C=O) groups excluding carboxylic acids is 1. The molecule has 6 rings (SSSR count). The Kier molecular flexibility index (Phi) is 4.00. The number of rotatable bonds is 5. The minimum absolute atomic E-state index is 0.0117. The van der Waals surface area contributed by atoms with Crippen molar-refractivity contribution < 1.29 is 4.79 Å². The highest BCUT2D eigenvalue weighted by Gasteiger charge is 2.52. The molecular weight excluding hydrogens is 390 g/mol. The Morgan fingerprint density at radius 1 is 1.26 bits per heavy atom. The molecule has 2 N–H and O–H groups in total. The van der Waals surface area contributed by atoms with Gasteiger partial charge in [0, 0.05) is 30.4 Å². The summed E-state index contributed by atoms with van der Waals surface area (Å²) in [5.74, 6) is 0.970. The Balaban J connectivity index is 1.11. The molecule has 3 aromatic heterocycles. The van der Waals surface area contributed by atoms with Gasteiger partial charge in [-0.15, -0.1) is 0 Å². The molecule has 0 aromatic carbocycles. The monoisotopic (exact) mass is 417 g/mol. The molecule has 3 aromatic rings. The summed E-state index contributed by atoms with van der Waals surface area (Å²) >= 11 is 0. The van der Waals surface area contributed by atoms with E-state index in [0.29, 0.717) is 17.5 Å². The van der Waals surface area contributed by atoms with Gasteiger partial charge < -0.3 is 10.2 Å². The van der Waals surface area contributed by atoms with Crippen LogP contribution in [0.5, 0.6) is 0 Å². The molecule has 0 bridgehead atoms. The fourth-order valence-electron chi connectivity index (χ4n) is 4.98. The summed E-state index contributed by atoms with van der Waals surface area (Å²) in [5.41, 5.74) is 6.62. The Morgan fingerprint density at radius 2 is 2.10 bits per heavy atom. The summed E-state index contributed by atoms with van der Waals surface area (Å²) in [6.07, 6.45) is 8.04. The summed E-state index contributed by atoms with van der Waals surface area (Å²) < 4.78 is 1.81. The molecule has 1 spiro atoms. The third kappa shape index (κ3) is 3.21. The lowest BCUT2D eigenvalue weighted by Crippen LogP contribution is -2.48. The van der Waals surface area contributed by atoms with E-state index in [9.17, 15) is 4.79 Å². The van der Waals surface area contributed by atoms with E-state index in [-0.39, 0.29) is 11.9 Å². The van der Waals surface area contributed by atoms with Crippen LogP contribution < -0.4 is 10.2 Å². The van der Waals surface area contributed by atoms with Crippen LogP contribution in [0.3, 0.4) is 0 Å². The number of hydrogen-bond acceptors (Lipinski definition) is 5. The molecule has 8 heteroatoms. The zero-order valence-corrected chi connectivity index (χ0v) is 18.0. The number of carbonyl (C=O) groups is 1. The summed E-state index contributed by atoms with van der Waals surface area (Å²) in [5, 5.41) is 14.9. The van der Waals surface area contributed by atoms with E-state index < -0.39 is 0 Å². The van der Waals surface area contributed by atoms with Crippen molar-refractivity contribution in [2.45, 2.75) is 52.1 Å². The van der Waals surface area contributed by atoms with Crippen molar-refractivity contribution in [1.82, 2.24) is 30.3 Å². The highest BCUT2D eigenvalue weighted by Crippen LogP contribution is 2.53. The van der Waals surface area contributed by atoms with Gasteiger partial charge in [0.15, 0.2) is 0 Å². The van der Waals surface area contributed by atoms with Gasteiger partial charge in [0.25, 0.3) is 5.91 Å². The number of aromatic nitrogens is 5. The molecule has 3 aliphatic rings. The van der Waals surface area contributed by atoms with Crippen molar-refractivity contribution in [3.63, 3.8) is 0 Å². The van der Waals surface area contributed by atoms with E-state index in [1.807, 2.05) is 24.7 Å². The van der Waals surface area contributed by atoms with Gasteiger partial charge in [-0.2, -0.15) is 10.2 Å². The maximum Gasteiger partial charge on any atom is 0.255 e. The molecule has 8 nitrogen and oxygen atoms in total. The maximum atomic E-state index is 12.8. The van der Waals surface area contributed by atoms with Crippen LogP contribution in [0.4, 0.5) is 5.82 Å². The first-order valence-electron chi connectivity index (χ1n) is 11.1. The molecular formula is C23H27N7O. The van der Waals surface area contributed by atoms with E-state index in [0.717, 1.165) is 54.4 Å². The van der Waals surface area contributed by atoms with Gasteiger partial charge >= 0.3 is 0 Å². The quantitative estimate of drug-likeness (QED) is 0.666. The van der Waals surface area contributed by atoms with Crippen LogP contribution in [0, 0.1) is 19.3 Å². The Hall–Kier alpha value is -3.16. The normalized spacial score (nSPS) is 20.6. The van der Waals surface area contributed by atoms with Crippen molar-refractivity contribution in [3.05, 3.63) is 58.3 Å². The molecule has 1 amide bonds. The average Bonchev–Trinajstić information content (AvgIpc) is 3.04. The van der Waals surface area contributed by atoms with Gasteiger partial charge in [-0.3, -0.25) is 14.6 Å². The Bertz CT molecular complexity index is 1160. The van der Waals surface area contributed by atoms with E-state index >= 15 is 0 Å². The number of anilines is 1. The van der Waals surface area contributed by atoms with Crippen molar-refractivity contribution in [3.8, 4) is 0 Å². The Labute approximate surface area is 181 Å². The third-order valence-corrected chi connectivity index (χ3v) is 7.18. The highest BCUT2D eigenvalue weighted by molar-refractivity contribution is 5.94. The molecule has 0 unspecified atom stereocenters. The fraction of sp³-hybridized carbons (Fsp3) is 0.478. The largest absolute Gasteiger partial charge is 0.355 e. The van der Waals surface area contributed by atoms with E-state index in [4.69, 9.17) is 4.98 Å². The second-order valence-electron chi connectivity index (χ2n) is 9.46. The number of fused-ring (bicyclic) bond motifs is 1. The van der Waals surface area contributed by atoms with E-state index in [1.165, 1.54) is 18.4 Å². The van der Waals surface area contributed by atoms with E-state index in [2.05, 4.69) is 37.6 Å². The first-order valence-corrected chi connectivity index (χ1v) is 11.1. The van der Waals surface area contributed by atoms with Gasteiger partial charge in [-0.25, -0.2) is 4.98 Å². The molecule has 160 valence electrons. The van der Waals surface area contributed by atoms with Crippen LogP contribution in [0.15, 0.2) is 24.5 Å². The second kappa shape index (κ2) is 6.67. The number of H-pyrrole nitrogens is 1. The molecule has 2 fully saturated rings. The highest BCUT2D eigenvalue weighted by atomic mass is 16.1. The first-order chi connectivity index (χ1) is 15.0. The average molecular weight is 418 g/mol. The van der Waals surface area contributed by atoms with Gasteiger partial charge in [0.05, 0.1) is 35.7 Å². The van der Waals surface area contributed by atoms with Crippen molar-refractivity contribution in [2.75, 3.05) is 18.0 Å². The lowest BCUT2D eigenvalue weighted by molar-refractivity contribution is 0.0936.